The fraction of sp³-hybridized carbons (Fsp3) is 0.143. The van der Waals surface area contributed by atoms with E-state index in [9.17, 15) is 0 Å². The Morgan fingerprint density at radius 2 is 1.64 bits per heavy atom. The standard InChI is InChI=1S/C7H7.Cl2O.Sn/c1-7-5-3-2-4-6-7;1-3-2;/h2-6H,1H2;;. The summed E-state index contributed by atoms with van der Waals surface area (Å²) in [4.78, 5) is 0. The molecule has 0 amide bonds. The first-order chi connectivity index (χ1) is 5.35. The zero-order chi connectivity index (χ0) is 8.53. The topological polar surface area (TPSA) is 9.23 Å². The van der Waals surface area contributed by atoms with Crippen LogP contribution in [0.3, 0.4) is 0 Å². The van der Waals surface area contributed by atoms with Crippen LogP contribution in [0.15, 0.2) is 30.3 Å². The van der Waals surface area contributed by atoms with Crippen LogP contribution >= 0.6 is 23.7 Å². The van der Waals surface area contributed by atoms with Gasteiger partial charge in [-0.2, -0.15) is 3.84 Å². The van der Waals surface area contributed by atoms with Gasteiger partial charge in [-0.15, -0.1) is 0 Å². The van der Waals surface area contributed by atoms with Crippen molar-refractivity contribution in [3.63, 3.8) is 0 Å². The summed E-state index contributed by atoms with van der Waals surface area (Å²) in [5.74, 6) is 0. The normalized spacial score (nSPS) is 8.27. The molecule has 59 valence electrons. The van der Waals surface area contributed by atoms with E-state index in [0.29, 0.717) is 0 Å². The van der Waals surface area contributed by atoms with Gasteiger partial charge < -0.3 is 0 Å². The summed E-state index contributed by atoms with van der Waals surface area (Å²) < 4.78 is 4.42. The molecule has 0 fully saturated rings. The van der Waals surface area contributed by atoms with Gasteiger partial charge in [0, 0.05) is 0 Å². The molecular formula is C7H7Cl2OSn. The SMILES string of the molecule is ClOCl.[Sn][CH2]c1ccccc1. The predicted molar refractivity (Wildman–Crippen MR) is 48.7 cm³/mol. The summed E-state index contributed by atoms with van der Waals surface area (Å²) in [7, 11) is 0. The molecule has 0 saturated carbocycles. The van der Waals surface area contributed by atoms with Crippen LogP contribution in [-0.2, 0) is 8.28 Å². The molecular weight excluding hydrogens is 290 g/mol. The van der Waals surface area contributed by atoms with Crippen molar-refractivity contribution >= 4 is 46.3 Å². The predicted octanol–water partition coefficient (Wildman–Crippen LogP) is 2.67. The molecule has 4 heteroatoms. The van der Waals surface area contributed by atoms with Crippen LogP contribution in [0.2, 0.25) is 0 Å². The van der Waals surface area contributed by atoms with E-state index in [0.717, 1.165) is 0 Å². The molecule has 0 unspecified atom stereocenters. The Kier molecular flexibility index (Phi) is 9.09. The fourth-order valence-corrected chi connectivity index (χ4v) is 1.27. The third-order valence-corrected chi connectivity index (χ3v) is 2.21. The average molecular weight is 297 g/mol. The van der Waals surface area contributed by atoms with Crippen molar-refractivity contribution in [1.29, 1.82) is 0 Å². The first kappa shape index (κ1) is 11.6. The first-order valence-electron chi connectivity index (χ1n) is 2.93. The molecule has 1 nitrogen and oxygen atoms in total. The van der Waals surface area contributed by atoms with Gasteiger partial charge in [0.2, 0.25) is 0 Å². The Labute approximate surface area is 90.1 Å². The van der Waals surface area contributed by atoms with Gasteiger partial charge in [0.05, 0.1) is 23.7 Å². The number of benzene rings is 1. The van der Waals surface area contributed by atoms with Gasteiger partial charge in [-0.1, -0.05) is 0 Å². The summed E-state index contributed by atoms with van der Waals surface area (Å²) in [6.45, 7) is 0. The second-order valence-electron chi connectivity index (χ2n) is 1.72. The minimum atomic E-state index is 1.23. The van der Waals surface area contributed by atoms with Gasteiger partial charge in [-0.05, 0) is 0 Å². The van der Waals surface area contributed by atoms with Crippen molar-refractivity contribution in [3.05, 3.63) is 35.9 Å². The molecule has 0 aliphatic rings. The molecule has 1 aromatic carbocycles. The van der Waals surface area contributed by atoms with E-state index in [4.69, 9.17) is 0 Å². The van der Waals surface area contributed by atoms with E-state index in [1.54, 1.807) is 22.5 Å². The molecule has 0 N–H and O–H groups in total. The maximum atomic E-state index is 4.26. The Morgan fingerprint density at radius 1 is 1.18 bits per heavy atom. The van der Waals surface area contributed by atoms with E-state index < -0.39 is 0 Å². The summed E-state index contributed by atoms with van der Waals surface area (Å²) in [6.07, 6.45) is 0. The molecule has 1 rings (SSSR count). The molecule has 0 aliphatic heterocycles. The van der Waals surface area contributed by atoms with Crippen LogP contribution in [0.4, 0.5) is 0 Å². The summed E-state index contributed by atoms with van der Waals surface area (Å²) in [5.41, 5.74) is 1.45. The molecule has 11 heavy (non-hydrogen) atoms. The Hall–Kier alpha value is 0.559. The molecule has 0 atom stereocenters. The van der Waals surface area contributed by atoms with Gasteiger partial charge >= 0.3 is 62.9 Å². The van der Waals surface area contributed by atoms with Crippen LogP contribution in [-0.4, -0.2) is 22.5 Å². The molecule has 0 saturated heterocycles. The molecule has 3 radical (unpaired) electrons. The van der Waals surface area contributed by atoms with Crippen LogP contribution in [0.5, 0.6) is 0 Å². The van der Waals surface area contributed by atoms with Crippen molar-refractivity contribution in [2.75, 3.05) is 0 Å². The molecule has 0 aromatic heterocycles. The van der Waals surface area contributed by atoms with Crippen molar-refractivity contribution in [2.24, 2.45) is 0 Å². The number of hydrogen-bond donors (Lipinski definition) is 0. The molecule has 0 aliphatic carbocycles. The third kappa shape index (κ3) is 6.94. The quantitative estimate of drug-likeness (QED) is 0.724. The van der Waals surface area contributed by atoms with Crippen LogP contribution < -0.4 is 0 Å². The van der Waals surface area contributed by atoms with Gasteiger partial charge in [0.15, 0.2) is 0 Å². The van der Waals surface area contributed by atoms with Crippen LogP contribution in [0.1, 0.15) is 5.56 Å². The minimum absolute atomic E-state index is 1.23. The van der Waals surface area contributed by atoms with Gasteiger partial charge in [-0.25, -0.2) is 0 Å². The van der Waals surface area contributed by atoms with Crippen LogP contribution in [0.25, 0.3) is 0 Å². The monoisotopic (exact) mass is 297 g/mol. The number of halogens is 2. The van der Waals surface area contributed by atoms with Crippen molar-refractivity contribution in [3.8, 4) is 0 Å². The van der Waals surface area contributed by atoms with Crippen LogP contribution in [0, 0.1) is 0 Å². The Balaban J connectivity index is 0.000000292. The second-order valence-corrected chi connectivity index (χ2v) is 3.20. The second kappa shape index (κ2) is 8.65. The Morgan fingerprint density at radius 3 is 1.91 bits per heavy atom. The summed E-state index contributed by atoms with van der Waals surface area (Å²) in [6, 6.07) is 10.5. The number of hydrogen-bond acceptors (Lipinski definition) is 1. The molecule has 1 aromatic rings. The van der Waals surface area contributed by atoms with Crippen molar-refractivity contribution < 1.29 is 3.84 Å². The van der Waals surface area contributed by atoms with Crippen molar-refractivity contribution in [1.82, 2.24) is 0 Å². The molecule has 0 spiro atoms. The third-order valence-electron chi connectivity index (χ3n) is 1.05. The van der Waals surface area contributed by atoms with E-state index in [1.165, 1.54) is 10.0 Å². The van der Waals surface area contributed by atoms with Gasteiger partial charge in [0.25, 0.3) is 0 Å². The van der Waals surface area contributed by atoms with E-state index in [1.807, 2.05) is 0 Å². The van der Waals surface area contributed by atoms with Gasteiger partial charge in [-0.3, -0.25) is 0 Å². The average Bonchev–Trinajstić information content (AvgIpc) is 2.08. The maximum absolute atomic E-state index is 4.26. The molecule has 0 bridgehead atoms. The zero-order valence-electron chi connectivity index (χ0n) is 5.76. The van der Waals surface area contributed by atoms with Gasteiger partial charge in [0.1, 0.15) is 0 Å². The number of rotatable bonds is 1. The van der Waals surface area contributed by atoms with Crippen molar-refractivity contribution in [2.45, 2.75) is 4.44 Å². The van der Waals surface area contributed by atoms with E-state index in [-0.39, 0.29) is 0 Å². The zero-order valence-corrected chi connectivity index (χ0v) is 10.1. The summed E-state index contributed by atoms with van der Waals surface area (Å²) in [5, 5.41) is 0. The fourth-order valence-electron chi connectivity index (χ4n) is 0.596. The first-order valence-corrected chi connectivity index (χ1v) is 5.56. The molecule has 0 heterocycles. The summed E-state index contributed by atoms with van der Waals surface area (Å²) >= 11 is 10.1. The van der Waals surface area contributed by atoms with E-state index >= 15 is 0 Å². The van der Waals surface area contributed by atoms with E-state index in [2.05, 4.69) is 57.9 Å². The Bertz CT molecular complexity index is 169.